The van der Waals surface area contributed by atoms with Crippen molar-refractivity contribution in [3.8, 4) is 0 Å². The fraction of sp³-hybridized carbons (Fsp3) is 0. The Balaban J connectivity index is 2.40. The molecule has 2 aromatic rings. The molecule has 94 valence electrons. The van der Waals surface area contributed by atoms with Gasteiger partial charge in [-0.2, -0.15) is 0 Å². The standard InChI is InChI=1S/C12H9Cl2NO2S/c13-9-6-7-11(14)12(8-9)18(16,17)15-10-4-2-1-3-5-10/h1-8,15H. The molecule has 0 aliphatic heterocycles. The van der Waals surface area contributed by atoms with Gasteiger partial charge in [-0.3, -0.25) is 4.72 Å². The first kappa shape index (κ1) is 13.2. The van der Waals surface area contributed by atoms with Crippen LogP contribution in [0.3, 0.4) is 0 Å². The van der Waals surface area contributed by atoms with Crippen LogP contribution in [0, 0.1) is 0 Å². The van der Waals surface area contributed by atoms with Crippen molar-refractivity contribution >= 4 is 38.9 Å². The molecule has 0 bridgehead atoms. The number of nitrogens with one attached hydrogen (secondary N) is 1. The van der Waals surface area contributed by atoms with Gasteiger partial charge in [-0.1, -0.05) is 41.4 Å². The molecule has 0 amide bonds. The second-order valence-corrected chi connectivity index (χ2v) is 6.04. The highest BCUT2D eigenvalue weighted by molar-refractivity contribution is 7.92. The molecule has 0 aliphatic rings. The van der Waals surface area contributed by atoms with Gasteiger partial charge in [0.2, 0.25) is 0 Å². The van der Waals surface area contributed by atoms with Crippen molar-refractivity contribution in [2.45, 2.75) is 4.90 Å². The van der Waals surface area contributed by atoms with Crippen LogP contribution in [0.1, 0.15) is 0 Å². The molecule has 0 spiro atoms. The van der Waals surface area contributed by atoms with Gasteiger partial charge in [0.25, 0.3) is 10.0 Å². The molecule has 18 heavy (non-hydrogen) atoms. The summed E-state index contributed by atoms with van der Waals surface area (Å²) in [5.41, 5.74) is 0.466. The Morgan fingerprint density at radius 3 is 2.28 bits per heavy atom. The van der Waals surface area contributed by atoms with Gasteiger partial charge in [-0.25, -0.2) is 8.42 Å². The van der Waals surface area contributed by atoms with E-state index in [1.165, 1.54) is 18.2 Å². The maximum absolute atomic E-state index is 12.1. The fourth-order valence-corrected chi connectivity index (χ4v) is 3.22. The number of anilines is 1. The maximum atomic E-state index is 12.1. The Hall–Kier alpha value is -1.23. The molecule has 1 N–H and O–H groups in total. The van der Waals surface area contributed by atoms with Crippen LogP contribution in [0.2, 0.25) is 10.0 Å². The average Bonchev–Trinajstić information content (AvgIpc) is 2.33. The Bertz CT molecular complexity index is 657. The predicted octanol–water partition coefficient (Wildman–Crippen LogP) is 3.79. The fourth-order valence-electron chi connectivity index (χ4n) is 1.40. The van der Waals surface area contributed by atoms with E-state index < -0.39 is 10.0 Å². The number of hydrogen-bond donors (Lipinski definition) is 1. The molecule has 3 nitrogen and oxygen atoms in total. The van der Waals surface area contributed by atoms with Gasteiger partial charge in [0, 0.05) is 10.7 Å². The van der Waals surface area contributed by atoms with E-state index in [9.17, 15) is 8.42 Å². The van der Waals surface area contributed by atoms with Crippen molar-refractivity contribution in [2.24, 2.45) is 0 Å². The highest BCUT2D eigenvalue weighted by Gasteiger charge is 2.18. The minimum absolute atomic E-state index is 0.0412. The van der Waals surface area contributed by atoms with Crippen molar-refractivity contribution in [1.29, 1.82) is 0 Å². The second kappa shape index (κ2) is 5.18. The topological polar surface area (TPSA) is 46.2 Å². The van der Waals surface area contributed by atoms with Crippen molar-refractivity contribution in [1.82, 2.24) is 0 Å². The van der Waals surface area contributed by atoms with E-state index >= 15 is 0 Å². The summed E-state index contributed by atoms with van der Waals surface area (Å²) in [5, 5.41) is 0.440. The average molecular weight is 302 g/mol. The molecule has 0 atom stereocenters. The van der Waals surface area contributed by atoms with Crippen LogP contribution in [0.15, 0.2) is 53.4 Å². The number of para-hydroxylation sites is 1. The Labute approximate surface area is 115 Å². The lowest BCUT2D eigenvalue weighted by atomic mass is 10.3. The maximum Gasteiger partial charge on any atom is 0.263 e. The summed E-state index contributed by atoms with van der Waals surface area (Å²) in [6.45, 7) is 0. The molecule has 0 saturated carbocycles. The molecule has 0 radical (unpaired) electrons. The van der Waals surface area contributed by atoms with Gasteiger partial charge in [0.1, 0.15) is 4.90 Å². The first-order valence-electron chi connectivity index (χ1n) is 5.02. The van der Waals surface area contributed by atoms with Gasteiger partial charge in [-0.15, -0.1) is 0 Å². The van der Waals surface area contributed by atoms with E-state index in [2.05, 4.69) is 4.72 Å². The molecule has 0 saturated heterocycles. The summed E-state index contributed by atoms with van der Waals surface area (Å²) in [6, 6.07) is 12.9. The van der Waals surface area contributed by atoms with Crippen molar-refractivity contribution < 1.29 is 8.42 Å². The molecule has 2 rings (SSSR count). The number of rotatable bonds is 3. The minimum Gasteiger partial charge on any atom is -0.280 e. The zero-order valence-electron chi connectivity index (χ0n) is 9.10. The summed E-state index contributed by atoms with van der Waals surface area (Å²) in [6.07, 6.45) is 0. The van der Waals surface area contributed by atoms with Gasteiger partial charge >= 0.3 is 0 Å². The molecule has 0 fully saturated rings. The molecular formula is C12H9Cl2NO2S. The van der Waals surface area contributed by atoms with E-state index in [4.69, 9.17) is 23.2 Å². The van der Waals surface area contributed by atoms with Gasteiger partial charge in [0.05, 0.1) is 5.02 Å². The minimum atomic E-state index is -3.73. The Kier molecular flexibility index (Phi) is 3.80. The lowest BCUT2D eigenvalue weighted by molar-refractivity contribution is 0.601. The van der Waals surface area contributed by atoms with E-state index in [1.54, 1.807) is 30.3 Å². The summed E-state index contributed by atoms with van der Waals surface area (Å²) in [5.74, 6) is 0. The summed E-state index contributed by atoms with van der Waals surface area (Å²) in [4.78, 5) is -0.0412. The van der Waals surface area contributed by atoms with Crippen molar-refractivity contribution in [3.63, 3.8) is 0 Å². The third kappa shape index (κ3) is 2.96. The first-order valence-corrected chi connectivity index (χ1v) is 7.26. The van der Waals surface area contributed by atoms with Gasteiger partial charge in [0.15, 0.2) is 0 Å². The molecule has 6 heteroatoms. The van der Waals surface area contributed by atoms with Gasteiger partial charge in [-0.05, 0) is 30.3 Å². The highest BCUT2D eigenvalue weighted by Crippen LogP contribution is 2.26. The molecule has 0 aromatic heterocycles. The SMILES string of the molecule is O=S(=O)(Nc1ccccc1)c1cc(Cl)ccc1Cl. The van der Waals surface area contributed by atoms with E-state index in [1.807, 2.05) is 0 Å². The zero-order chi connectivity index (χ0) is 13.2. The van der Waals surface area contributed by atoms with Gasteiger partial charge < -0.3 is 0 Å². The number of sulfonamides is 1. The number of benzene rings is 2. The van der Waals surface area contributed by atoms with Crippen LogP contribution in [0.5, 0.6) is 0 Å². The number of halogens is 2. The van der Waals surface area contributed by atoms with E-state index in [0.717, 1.165) is 0 Å². The second-order valence-electron chi connectivity index (χ2n) is 3.55. The quantitative estimate of drug-likeness (QED) is 0.937. The normalized spacial score (nSPS) is 11.2. The first-order chi connectivity index (χ1) is 8.49. The van der Waals surface area contributed by atoms with E-state index in [0.29, 0.717) is 10.7 Å². The van der Waals surface area contributed by atoms with Crippen LogP contribution in [0.25, 0.3) is 0 Å². The summed E-state index contributed by atoms with van der Waals surface area (Å²) < 4.78 is 26.7. The molecule has 0 aliphatic carbocycles. The van der Waals surface area contributed by atoms with Crippen molar-refractivity contribution in [3.05, 3.63) is 58.6 Å². The highest BCUT2D eigenvalue weighted by atomic mass is 35.5. The number of hydrogen-bond acceptors (Lipinski definition) is 2. The molecule has 0 heterocycles. The summed E-state index contributed by atoms with van der Waals surface area (Å²) in [7, 11) is -3.73. The van der Waals surface area contributed by atoms with Crippen molar-refractivity contribution in [2.75, 3.05) is 4.72 Å². The third-order valence-corrected chi connectivity index (χ3v) is 4.31. The third-order valence-electron chi connectivity index (χ3n) is 2.21. The van der Waals surface area contributed by atoms with Crippen LogP contribution in [0.4, 0.5) is 5.69 Å². The molecular weight excluding hydrogens is 293 g/mol. The zero-order valence-corrected chi connectivity index (χ0v) is 11.4. The largest absolute Gasteiger partial charge is 0.280 e. The van der Waals surface area contributed by atoms with Crippen LogP contribution in [-0.4, -0.2) is 8.42 Å². The Morgan fingerprint density at radius 2 is 1.61 bits per heavy atom. The summed E-state index contributed by atoms with van der Waals surface area (Å²) >= 11 is 11.6. The lowest BCUT2D eigenvalue weighted by Crippen LogP contribution is -2.13. The Morgan fingerprint density at radius 1 is 0.944 bits per heavy atom. The van der Waals surface area contributed by atoms with E-state index in [-0.39, 0.29) is 9.92 Å². The monoisotopic (exact) mass is 301 g/mol. The lowest BCUT2D eigenvalue weighted by Gasteiger charge is -2.09. The van der Waals surface area contributed by atoms with Crippen LogP contribution < -0.4 is 4.72 Å². The smallest absolute Gasteiger partial charge is 0.263 e. The van der Waals surface area contributed by atoms with Crippen LogP contribution >= 0.6 is 23.2 Å². The predicted molar refractivity (Wildman–Crippen MR) is 73.7 cm³/mol. The molecule has 0 unspecified atom stereocenters. The molecule has 2 aromatic carbocycles. The van der Waals surface area contributed by atoms with Crippen LogP contribution in [-0.2, 0) is 10.0 Å².